The predicted octanol–water partition coefficient (Wildman–Crippen LogP) is 1.45. The van der Waals surface area contributed by atoms with Crippen molar-refractivity contribution >= 4 is 5.96 Å². The molecule has 1 atom stereocenters. The Balaban J connectivity index is 2.19. The summed E-state index contributed by atoms with van der Waals surface area (Å²) in [6.45, 7) is 5.94. The second kappa shape index (κ2) is 7.57. The van der Waals surface area contributed by atoms with E-state index < -0.39 is 12.6 Å². The lowest BCUT2D eigenvalue weighted by Gasteiger charge is -2.16. The highest BCUT2D eigenvalue weighted by molar-refractivity contribution is 5.79. The fourth-order valence-corrected chi connectivity index (χ4v) is 2.15. The van der Waals surface area contributed by atoms with Crippen LogP contribution in [0.1, 0.15) is 19.8 Å². The highest BCUT2D eigenvalue weighted by Gasteiger charge is 2.26. The molecule has 2 N–H and O–H groups in total. The highest BCUT2D eigenvalue weighted by Crippen LogP contribution is 2.18. The van der Waals surface area contributed by atoms with Crippen molar-refractivity contribution in [3.63, 3.8) is 0 Å². The van der Waals surface area contributed by atoms with E-state index in [2.05, 4.69) is 27.4 Å². The van der Waals surface area contributed by atoms with Crippen LogP contribution in [0.2, 0.25) is 0 Å². The van der Waals surface area contributed by atoms with Crippen molar-refractivity contribution in [3.8, 4) is 0 Å². The van der Waals surface area contributed by atoms with Crippen LogP contribution in [-0.4, -0.2) is 56.8 Å². The van der Waals surface area contributed by atoms with Gasteiger partial charge in [-0.25, -0.2) is 0 Å². The Hall–Kier alpha value is -0.980. The summed E-state index contributed by atoms with van der Waals surface area (Å²) < 4.78 is 36.1. The smallest absolute Gasteiger partial charge is 0.356 e. The van der Waals surface area contributed by atoms with Crippen LogP contribution in [0.25, 0.3) is 0 Å². The van der Waals surface area contributed by atoms with Crippen LogP contribution >= 0.6 is 0 Å². The number of nitrogens with zero attached hydrogens (tertiary/aromatic N) is 2. The molecule has 0 aliphatic carbocycles. The first-order chi connectivity index (χ1) is 8.94. The summed E-state index contributed by atoms with van der Waals surface area (Å²) in [5, 5.41) is 5.77. The van der Waals surface area contributed by atoms with Gasteiger partial charge in [0.2, 0.25) is 0 Å². The summed E-state index contributed by atoms with van der Waals surface area (Å²) in [4.78, 5) is 6.29. The van der Waals surface area contributed by atoms with Gasteiger partial charge in [-0.05, 0) is 25.4 Å². The summed E-state index contributed by atoms with van der Waals surface area (Å²) in [7, 11) is 1.57. The van der Waals surface area contributed by atoms with Crippen LogP contribution in [0, 0.1) is 5.92 Å². The van der Waals surface area contributed by atoms with Crippen molar-refractivity contribution in [2.45, 2.75) is 25.9 Å². The summed E-state index contributed by atoms with van der Waals surface area (Å²) in [6, 6.07) is 0. The number of hydrogen-bond acceptors (Lipinski definition) is 2. The Morgan fingerprint density at radius 3 is 2.63 bits per heavy atom. The first-order valence-electron chi connectivity index (χ1n) is 6.68. The molecule has 0 saturated carbocycles. The number of halogens is 3. The van der Waals surface area contributed by atoms with Crippen molar-refractivity contribution in [1.29, 1.82) is 0 Å². The summed E-state index contributed by atoms with van der Waals surface area (Å²) >= 11 is 0. The molecule has 0 bridgehead atoms. The fourth-order valence-electron chi connectivity index (χ4n) is 2.15. The first-order valence-corrected chi connectivity index (χ1v) is 6.68. The van der Waals surface area contributed by atoms with E-state index in [4.69, 9.17) is 0 Å². The molecular formula is C12H23F3N4. The van der Waals surface area contributed by atoms with Crippen molar-refractivity contribution in [3.05, 3.63) is 0 Å². The highest BCUT2D eigenvalue weighted by atomic mass is 19.4. The second-order valence-electron chi connectivity index (χ2n) is 4.79. The zero-order valence-corrected chi connectivity index (χ0v) is 11.6. The van der Waals surface area contributed by atoms with Gasteiger partial charge in [-0.3, -0.25) is 4.99 Å². The second-order valence-corrected chi connectivity index (χ2v) is 4.79. The van der Waals surface area contributed by atoms with Gasteiger partial charge in [0, 0.05) is 26.7 Å². The molecule has 112 valence electrons. The van der Waals surface area contributed by atoms with Gasteiger partial charge in [-0.1, -0.05) is 6.92 Å². The Morgan fingerprint density at radius 1 is 1.37 bits per heavy atom. The Labute approximate surface area is 112 Å². The molecular weight excluding hydrogens is 257 g/mol. The van der Waals surface area contributed by atoms with Gasteiger partial charge in [-0.2, -0.15) is 13.2 Å². The maximum Gasteiger partial charge on any atom is 0.390 e. The number of alkyl halides is 3. The van der Waals surface area contributed by atoms with Gasteiger partial charge < -0.3 is 15.5 Å². The molecule has 1 unspecified atom stereocenters. The Kier molecular flexibility index (Phi) is 6.41. The van der Waals surface area contributed by atoms with Gasteiger partial charge >= 0.3 is 6.18 Å². The molecule has 0 radical (unpaired) electrons. The third kappa shape index (κ3) is 6.66. The standard InChI is InChI=1S/C12H23F3N4/c1-3-19-7-4-10(9-19)8-18-11(16-2)17-6-5-12(13,14)15/h10H,3-9H2,1-2H3,(H2,16,17,18). The molecule has 0 aromatic heterocycles. The van der Waals surface area contributed by atoms with Gasteiger partial charge in [0.25, 0.3) is 0 Å². The minimum Gasteiger partial charge on any atom is -0.356 e. The number of guanidine groups is 1. The first kappa shape index (κ1) is 16.1. The summed E-state index contributed by atoms with van der Waals surface area (Å²) in [5.41, 5.74) is 0. The molecule has 19 heavy (non-hydrogen) atoms. The van der Waals surface area contributed by atoms with Crippen molar-refractivity contribution in [1.82, 2.24) is 15.5 Å². The zero-order chi connectivity index (χ0) is 14.3. The van der Waals surface area contributed by atoms with E-state index in [1.54, 1.807) is 7.05 Å². The van der Waals surface area contributed by atoms with E-state index >= 15 is 0 Å². The van der Waals surface area contributed by atoms with Gasteiger partial charge in [0.1, 0.15) is 0 Å². The molecule has 1 rings (SSSR count). The van der Waals surface area contributed by atoms with E-state index in [0.717, 1.165) is 32.6 Å². The lowest BCUT2D eigenvalue weighted by atomic mass is 10.1. The third-order valence-corrected chi connectivity index (χ3v) is 3.30. The van der Waals surface area contributed by atoms with E-state index in [9.17, 15) is 13.2 Å². The average molecular weight is 280 g/mol. The summed E-state index contributed by atoms with van der Waals surface area (Å²) in [6.07, 6.45) is -3.85. The molecule has 0 aromatic carbocycles. The molecule has 0 spiro atoms. The molecule has 1 aliphatic rings. The fraction of sp³-hybridized carbons (Fsp3) is 0.917. The van der Waals surface area contributed by atoms with Crippen LogP contribution < -0.4 is 10.6 Å². The van der Waals surface area contributed by atoms with E-state index in [1.165, 1.54) is 0 Å². The number of hydrogen-bond donors (Lipinski definition) is 2. The average Bonchev–Trinajstić information content (AvgIpc) is 2.80. The maximum absolute atomic E-state index is 12.0. The monoisotopic (exact) mass is 280 g/mol. The minimum atomic E-state index is -4.13. The quantitative estimate of drug-likeness (QED) is 0.591. The van der Waals surface area contributed by atoms with Crippen LogP contribution in [0.3, 0.4) is 0 Å². The number of aliphatic imine (C=N–C) groups is 1. The Morgan fingerprint density at radius 2 is 2.11 bits per heavy atom. The van der Waals surface area contributed by atoms with E-state index in [-0.39, 0.29) is 6.54 Å². The number of likely N-dealkylation sites (tertiary alicyclic amines) is 1. The predicted molar refractivity (Wildman–Crippen MR) is 70.3 cm³/mol. The molecule has 0 amide bonds. The maximum atomic E-state index is 12.0. The SMILES string of the molecule is CCN1CCC(CNC(=NC)NCCC(F)(F)F)C1. The van der Waals surface area contributed by atoms with Crippen molar-refractivity contribution in [2.75, 3.05) is 39.8 Å². The molecule has 4 nitrogen and oxygen atoms in total. The molecule has 1 aliphatic heterocycles. The zero-order valence-electron chi connectivity index (χ0n) is 11.6. The third-order valence-electron chi connectivity index (χ3n) is 3.30. The van der Waals surface area contributed by atoms with E-state index in [0.29, 0.717) is 11.9 Å². The van der Waals surface area contributed by atoms with Crippen LogP contribution in [0.4, 0.5) is 13.2 Å². The van der Waals surface area contributed by atoms with Gasteiger partial charge in [0.05, 0.1) is 6.42 Å². The molecule has 0 aromatic rings. The molecule has 1 heterocycles. The van der Waals surface area contributed by atoms with Crippen LogP contribution in [0.5, 0.6) is 0 Å². The number of nitrogens with one attached hydrogen (secondary N) is 2. The summed E-state index contributed by atoms with van der Waals surface area (Å²) in [5.74, 6) is 0.986. The van der Waals surface area contributed by atoms with Gasteiger partial charge in [0.15, 0.2) is 5.96 Å². The molecule has 1 saturated heterocycles. The van der Waals surface area contributed by atoms with E-state index in [1.807, 2.05) is 0 Å². The van der Waals surface area contributed by atoms with Crippen molar-refractivity contribution in [2.24, 2.45) is 10.9 Å². The normalized spacial score (nSPS) is 21.7. The molecule has 7 heteroatoms. The Bertz CT molecular complexity index is 291. The van der Waals surface area contributed by atoms with Gasteiger partial charge in [-0.15, -0.1) is 0 Å². The number of rotatable bonds is 5. The lowest BCUT2D eigenvalue weighted by Crippen LogP contribution is -2.41. The van der Waals surface area contributed by atoms with Crippen LogP contribution in [0.15, 0.2) is 4.99 Å². The minimum absolute atomic E-state index is 0.144. The molecule has 1 fully saturated rings. The van der Waals surface area contributed by atoms with Crippen LogP contribution in [-0.2, 0) is 0 Å². The lowest BCUT2D eigenvalue weighted by molar-refractivity contribution is -0.132. The topological polar surface area (TPSA) is 39.7 Å². The largest absolute Gasteiger partial charge is 0.390 e. The van der Waals surface area contributed by atoms with Crippen molar-refractivity contribution < 1.29 is 13.2 Å².